The van der Waals surface area contributed by atoms with Crippen LogP contribution < -0.4 is 4.90 Å². The molecule has 166 valence electrons. The lowest BCUT2D eigenvalue weighted by molar-refractivity contribution is -0.138. The van der Waals surface area contributed by atoms with Crippen molar-refractivity contribution in [2.24, 2.45) is 11.8 Å². The zero-order valence-electron chi connectivity index (χ0n) is 17.8. The Morgan fingerprint density at radius 3 is 2.35 bits per heavy atom. The summed E-state index contributed by atoms with van der Waals surface area (Å²) in [5, 5.41) is 0. The van der Waals surface area contributed by atoms with E-state index in [2.05, 4.69) is 14.9 Å². The van der Waals surface area contributed by atoms with Crippen LogP contribution in [0.5, 0.6) is 0 Å². The number of esters is 1. The molecular weight excluding hydrogens is 407 g/mol. The third-order valence-electron chi connectivity index (χ3n) is 6.46. The number of nitrogens with zero attached hydrogens (tertiary/aromatic N) is 3. The molecule has 31 heavy (non-hydrogen) atoms. The first-order chi connectivity index (χ1) is 14.7. The van der Waals surface area contributed by atoms with Gasteiger partial charge in [0.2, 0.25) is 5.95 Å². The van der Waals surface area contributed by atoms with Gasteiger partial charge in [-0.1, -0.05) is 32.0 Å². The molecule has 1 aliphatic heterocycles. The van der Waals surface area contributed by atoms with Crippen LogP contribution in [-0.4, -0.2) is 36.1 Å². The molecule has 5 nitrogen and oxygen atoms in total. The van der Waals surface area contributed by atoms with Gasteiger partial charge in [-0.2, -0.15) is 13.2 Å². The SMILES string of the molecule is COC(=O)c1cc(C(C)C)nc(N2C[C@H]3CC(c4ccccc4C(F)(F)F)C[C@H]3C2)n1. The molecule has 0 bridgehead atoms. The van der Waals surface area contributed by atoms with Gasteiger partial charge in [0, 0.05) is 18.8 Å². The maximum Gasteiger partial charge on any atom is 0.416 e. The highest BCUT2D eigenvalue weighted by Gasteiger charge is 2.44. The summed E-state index contributed by atoms with van der Waals surface area (Å²) in [5.74, 6) is 0.569. The van der Waals surface area contributed by atoms with Crippen LogP contribution in [-0.2, 0) is 10.9 Å². The highest BCUT2D eigenvalue weighted by Crippen LogP contribution is 2.49. The molecule has 0 radical (unpaired) electrons. The van der Waals surface area contributed by atoms with Crippen molar-refractivity contribution >= 4 is 11.9 Å². The Balaban J connectivity index is 1.53. The molecule has 0 amide bonds. The fraction of sp³-hybridized carbons (Fsp3) is 0.522. The number of halogens is 3. The Labute approximate surface area is 179 Å². The normalized spacial score (nSPS) is 23.3. The maximum atomic E-state index is 13.4. The molecular formula is C23H26F3N3O2. The first kappa shape index (κ1) is 21.6. The number of alkyl halides is 3. The number of fused-ring (bicyclic) bond motifs is 1. The van der Waals surface area contributed by atoms with Crippen molar-refractivity contribution in [3.63, 3.8) is 0 Å². The molecule has 2 aliphatic rings. The zero-order chi connectivity index (χ0) is 22.3. The fourth-order valence-corrected chi connectivity index (χ4v) is 4.93. The summed E-state index contributed by atoms with van der Waals surface area (Å²) in [6, 6.07) is 7.58. The maximum absolute atomic E-state index is 13.4. The molecule has 3 atom stereocenters. The first-order valence-electron chi connectivity index (χ1n) is 10.6. The Bertz CT molecular complexity index is 963. The quantitative estimate of drug-likeness (QED) is 0.633. The van der Waals surface area contributed by atoms with E-state index < -0.39 is 17.7 Å². The van der Waals surface area contributed by atoms with Crippen LogP contribution in [0.15, 0.2) is 30.3 Å². The second kappa shape index (κ2) is 8.13. The van der Waals surface area contributed by atoms with Crippen molar-refractivity contribution < 1.29 is 22.7 Å². The highest BCUT2D eigenvalue weighted by atomic mass is 19.4. The lowest BCUT2D eigenvalue weighted by Gasteiger charge is -2.22. The molecule has 2 aromatic rings. The minimum Gasteiger partial charge on any atom is -0.464 e. The number of carbonyl (C=O) groups excluding carboxylic acids is 1. The van der Waals surface area contributed by atoms with Gasteiger partial charge >= 0.3 is 12.1 Å². The van der Waals surface area contributed by atoms with Gasteiger partial charge in [-0.05, 0) is 54.2 Å². The average Bonchev–Trinajstić information content (AvgIpc) is 3.31. The highest BCUT2D eigenvalue weighted by molar-refractivity contribution is 5.87. The predicted molar refractivity (Wildman–Crippen MR) is 110 cm³/mol. The summed E-state index contributed by atoms with van der Waals surface area (Å²) in [7, 11) is 1.32. The van der Waals surface area contributed by atoms with Crippen molar-refractivity contribution in [2.75, 3.05) is 25.1 Å². The van der Waals surface area contributed by atoms with Gasteiger partial charge in [-0.25, -0.2) is 14.8 Å². The molecule has 1 unspecified atom stereocenters. The smallest absolute Gasteiger partial charge is 0.416 e. The van der Waals surface area contributed by atoms with Gasteiger partial charge in [0.15, 0.2) is 5.69 Å². The van der Waals surface area contributed by atoms with Crippen LogP contribution in [0.4, 0.5) is 19.1 Å². The number of anilines is 1. The number of hydrogen-bond acceptors (Lipinski definition) is 5. The third-order valence-corrected chi connectivity index (χ3v) is 6.46. The summed E-state index contributed by atoms with van der Waals surface area (Å²) < 4.78 is 45.2. The molecule has 0 spiro atoms. The second-order valence-electron chi connectivity index (χ2n) is 8.80. The van der Waals surface area contributed by atoms with E-state index in [-0.39, 0.29) is 29.4 Å². The molecule has 4 rings (SSSR count). The Kier molecular flexibility index (Phi) is 5.66. The molecule has 1 saturated heterocycles. The molecule has 1 aromatic heterocycles. The van der Waals surface area contributed by atoms with E-state index >= 15 is 0 Å². The monoisotopic (exact) mass is 433 g/mol. The molecule has 1 saturated carbocycles. The van der Waals surface area contributed by atoms with E-state index in [1.807, 2.05) is 13.8 Å². The van der Waals surface area contributed by atoms with Gasteiger partial charge in [-0.15, -0.1) is 0 Å². The first-order valence-corrected chi connectivity index (χ1v) is 10.6. The largest absolute Gasteiger partial charge is 0.464 e. The van der Waals surface area contributed by atoms with Crippen molar-refractivity contribution in [2.45, 2.75) is 44.7 Å². The third kappa shape index (κ3) is 4.25. The van der Waals surface area contributed by atoms with Crippen molar-refractivity contribution in [3.8, 4) is 0 Å². The van der Waals surface area contributed by atoms with E-state index in [0.29, 0.717) is 37.4 Å². The minimum atomic E-state index is -4.34. The minimum absolute atomic E-state index is 0.0940. The number of benzene rings is 1. The molecule has 2 heterocycles. The predicted octanol–water partition coefficient (Wildman–Crippen LogP) is 5.04. The average molecular weight is 433 g/mol. The van der Waals surface area contributed by atoms with Crippen LogP contribution in [0.25, 0.3) is 0 Å². The van der Waals surface area contributed by atoms with Crippen molar-refractivity contribution in [1.29, 1.82) is 0 Å². The topological polar surface area (TPSA) is 55.3 Å². The van der Waals surface area contributed by atoms with Gasteiger partial charge in [0.05, 0.1) is 12.7 Å². The van der Waals surface area contributed by atoms with Gasteiger partial charge in [-0.3, -0.25) is 0 Å². The number of aromatic nitrogens is 2. The molecule has 0 N–H and O–H groups in total. The molecule has 1 aliphatic carbocycles. The summed E-state index contributed by atoms with van der Waals surface area (Å²) in [5.41, 5.74) is 0.874. The fourth-order valence-electron chi connectivity index (χ4n) is 4.93. The van der Waals surface area contributed by atoms with E-state index in [9.17, 15) is 18.0 Å². The number of hydrogen-bond donors (Lipinski definition) is 0. The zero-order valence-corrected chi connectivity index (χ0v) is 17.8. The van der Waals surface area contributed by atoms with Crippen molar-refractivity contribution in [3.05, 3.63) is 52.8 Å². The van der Waals surface area contributed by atoms with E-state index in [1.165, 1.54) is 19.2 Å². The number of ether oxygens (including phenoxy) is 1. The van der Waals surface area contributed by atoms with E-state index in [4.69, 9.17) is 4.74 Å². The Hall–Kier alpha value is -2.64. The van der Waals surface area contributed by atoms with Crippen molar-refractivity contribution in [1.82, 2.24) is 9.97 Å². The molecule has 8 heteroatoms. The summed E-state index contributed by atoms with van der Waals surface area (Å²) in [4.78, 5) is 23.1. The standard InChI is InChI=1S/C23H26F3N3O2/c1-13(2)19-10-20(21(30)31-3)28-22(27-19)29-11-15-8-14(9-16(15)12-29)17-6-4-5-7-18(17)23(24,25)26/h4-7,10,13-16H,8-9,11-12H2,1-3H3/t14?,15-,16+. The number of rotatable bonds is 4. The molecule has 1 aromatic carbocycles. The van der Waals surface area contributed by atoms with Crippen LogP contribution in [0.2, 0.25) is 0 Å². The lowest BCUT2D eigenvalue weighted by Crippen LogP contribution is -2.25. The lowest BCUT2D eigenvalue weighted by atomic mass is 9.91. The second-order valence-corrected chi connectivity index (χ2v) is 8.80. The van der Waals surface area contributed by atoms with Crippen LogP contribution in [0.1, 0.15) is 65.8 Å². The van der Waals surface area contributed by atoms with Gasteiger partial charge in [0.25, 0.3) is 0 Å². The van der Waals surface area contributed by atoms with E-state index in [0.717, 1.165) is 5.69 Å². The Morgan fingerprint density at radius 2 is 1.77 bits per heavy atom. The van der Waals surface area contributed by atoms with Gasteiger partial charge < -0.3 is 9.64 Å². The Morgan fingerprint density at radius 1 is 1.13 bits per heavy atom. The van der Waals surface area contributed by atoms with E-state index in [1.54, 1.807) is 18.2 Å². The molecule has 2 fully saturated rings. The summed E-state index contributed by atoms with van der Waals surface area (Å²) in [6.07, 6.45) is -2.92. The van der Waals surface area contributed by atoms with Crippen LogP contribution in [0, 0.1) is 11.8 Å². The summed E-state index contributed by atoms with van der Waals surface area (Å²) in [6.45, 7) is 5.35. The summed E-state index contributed by atoms with van der Waals surface area (Å²) >= 11 is 0. The number of carbonyl (C=O) groups is 1. The number of methoxy groups -OCH3 is 1. The van der Waals surface area contributed by atoms with Gasteiger partial charge in [0.1, 0.15) is 0 Å². The van der Waals surface area contributed by atoms with Crippen LogP contribution in [0.3, 0.4) is 0 Å². The van der Waals surface area contributed by atoms with Crippen LogP contribution >= 0.6 is 0 Å².